The summed E-state index contributed by atoms with van der Waals surface area (Å²) in [4.78, 5) is 32.7. The molecule has 1 amide bonds. The lowest BCUT2D eigenvalue weighted by Gasteiger charge is -2.35. The number of nitrogens with one attached hydrogen (secondary N) is 1. The third-order valence-electron chi connectivity index (χ3n) is 7.93. The lowest BCUT2D eigenvalue weighted by molar-refractivity contribution is 0.0947. The number of aromatic nitrogens is 3. The van der Waals surface area contributed by atoms with Gasteiger partial charge < -0.3 is 24.1 Å². The van der Waals surface area contributed by atoms with Crippen LogP contribution in [0.25, 0.3) is 0 Å². The van der Waals surface area contributed by atoms with Crippen molar-refractivity contribution in [2.75, 3.05) is 33.3 Å². The van der Waals surface area contributed by atoms with Crippen LogP contribution in [-0.4, -0.2) is 58.2 Å². The van der Waals surface area contributed by atoms with Crippen LogP contribution in [0.3, 0.4) is 0 Å². The maximum Gasteiger partial charge on any atom is 0.256 e. The average Bonchev–Trinajstić information content (AvgIpc) is 3.27. The predicted molar refractivity (Wildman–Crippen MR) is 142 cm³/mol. The molecule has 1 aliphatic carbocycles. The number of pyridine rings is 1. The van der Waals surface area contributed by atoms with E-state index in [-0.39, 0.29) is 16.9 Å². The van der Waals surface area contributed by atoms with Gasteiger partial charge in [-0.15, -0.1) is 0 Å². The monoisotopic (exact) mass is 495 g/mol. The molecular weight excluding hydrogens is 454 g/mol. The van der Waals surface area contributed by atoms with E-state index < -0.39 is 0 Å². The Balaban J connectivity index is 1.44. The fourth-order valence-corrected chi connectivity index (χ4v) is 5.89. The molecule has 36 heavy (non-hydrogen) atoms. The Morgan fingerprint density at radius 3 is 2.75 bits per heavy atom. The molecule has 2 aromatic heterocycles. The smallest absolute Gasteiger partial charge is 0.256 e. The number of methoxy groups -OCH3 is 1. The molecule has 0 unspecified atom stereocenters. The van der Waals surface area contributed by atoms with Gasteiger partial charge in [-0.05, 0) is 44.4 Å². The number of carbonyl (C=O) groups excluding carboxylic acids is 1. The Bertz CT molecular complexity index is 1150. The van der Waals surface area contributed by atoms with Gasteiger partial charge in [-0.3, -0.25) is 9.59 Å². The number of fused-ring (bicyclic) bond motifs is 1. The first-order valence-corrected chi connectivity index (χ1v) is 13.3. The van der Waals surface area contributed by atoms with Crippen LogP contribution in [0.5, 0.6) is 5.75 Å². The molecule has 1 N–H and O–H groups in total. The summed E-state index contributed by atoms with van der Waals surface area (Å²) in [5.41, 5.74) is 4.59. The molecule has 0 saturated heterocycles. The van der Waals surface area contributed by atoms with E-state index in [1.807, 2.05) is 10.8 Å². The summed E-state index contributed by atoms with van der Waals surface area (Å²) in [6, 6.07) is 1.46. The molecule has 3 heterocycles. The quantitative estimate of drug-likeness (QED) is 0.424. The largest absolute Gasteiger partial charge is 0.496 e. The molecule has 0 radical (unpaired) electrons. The van der Waals surface area contributed by atoms with Gasteiger partial charge in [0.1, 0.15) is 11.3 Å². The van der Waals surface area contributed by atoms with Crippen LogP contribution in [0, 0.1) is 5.41 Å². The fraction of sp³-hybridized carbons (Fsp3) is 0.607. The zero-order valence-corrected chi connectivity index (χ0v) is 22.3. The van der Waals surface area contributed by atoms with Crippen molar-refractivity contribution >= 4 is 5.91 Å². The minimum Gasteiger partial charge on any atom is -0.496 e. The molecule has 4 rings (SSSR count). The van der Waals surface area contributed by atoms with E-state index in [0.29, 0.717) is 30.8 Å². The summed E-state index contributed by atoms with van der Waals surface area (Å²) in [5.74, 6) is 0.177. The van der Waals surface area contributed by atoms with Gasteiger partial charge >= 0.3 is 0 Å². The van der Waals surface area contributed by atoms with Gasteiger partial charge in [-0.25, -0.2) is 4.98 Å². The van der Waals surface area contributed by atoms with Crippen molar-refractivity contribution in [3.8, 4) is 5.75 Å². The zero-order chi connectivity index (χ0) is 25.7. The predicted octanol–water partition coefficient (Wildman–Crippen LogP) is 3.65. The lowest BCUT2D eigenvalue weighted by atomic mass is 9.71. The molecule has 0 fully saturated rings. The second-order valence-corrected chi connectivity index (χ2v) is 10.8. The molecule has 8 heteroatoms. The van der Waals surface area contributed by atoms with E-state index >= 15 is 0 Å². The van der Waals surface area contributed by atoms with Gasteiger partial charge in [0.25, 0.3) is 11.5 Å². The number of imidazole rings is 1. The molecular formula is C28H41N5O3. The third kappa shape index (κ3) is 5.91. The van der Waals surface area contributed by atoms with E-state index in [9.17, 15) is 9.59 Å². The first-order valence-electron chi connectivity index (χ1n) is 13.3. The van der Waals surface area contributed by atoms with Crippen molar-refractivity contribution < 1.29 is 9.53 Å². The number of rotatable bonds is 9. The Hall–Kier alpha value is -2.87. The number of allylic oxidation sites excluding steroid dienone is 1. The second-order valence-electron chi connectivity index (χ2n) is 10.8. The summed E-state index contributed by atoms with van der Waals surface area (Å²) < 4.78 is 9.26. The molecule has 0 bridgehead atoms. The van der Waals surface area contributed by atoms with Crippen molar-refractivity contribution in [1.29, 1.82) is 0 Å². The van der Waals surface area contributed by atoms with Gasteiger partial charge in [0.05, 0.1) is 13.4 Å². The van der Waals surface area contributed by atoms with Crippen LogP contribution in [-0.2, 0) is 19.5 Å². The van der Waals surface area contributed by atoms with Crippen molar-refractivity contribution in [2.45, 2.75) is 72.4 Å². The first kappa shape index (κ1) is 26.2. The van der Waals surface area contributed by atoms with Crippen LogP contribution >= 0.6 is 0 Å². The van der Waals surface area contributed by atoms with Crippen molar-refractivity contribution in [1.82, 2.24) is 24.3 Å². The molecule has 196 valence electrons. The molecule has 2 aromatic rings. The van der Waals surface area contributed by atoms with Crippen molar-refractivity contribution in [3.63, 3.8) is 0 Å². The minimum atomic E-state index is -0.181. The van der Waals surface area contributed by atoms with E-state index in [2.05, 4.69) is 36.0 Å². The van der Waals surface area contributed by atoms with Crippen LogP contribution in [0.4, 0.5) is 0 Å². The average molecular weight is 496 g/mol. The van der Waals surface area contributed by atoms with Crippen LogP contribution in [0.1, 0.15) is 68.9 Å². The molecule has 1 aliphatic heterocycles. The minimum absolute atomic E-state index is 0.104. The van der Waals surface area contributed by atoms with Gasteiger partial charge in [-0.2, -0.15) is 0 Å². The highest BCUT2D eigenvalue weighted by molar-refractivity contribution is 5.98. The molecule has 0 spiro atoms. The molecule has 0 aromatic carbocycles. The van der Waals surface area contributed by atoms with Gasteiger partial charge in [0, 0.05) is 69.8 Å². The van der Waals surface area contributed by atoms with Crippen molar-refractivity contribution in [2.24, 2.45) is 5.41 Å². The van der Waals surface area contributed by atoms with E-state index in [0.717, 1.165) is 44.7 Å². The number of amides is 1. The Morgan fingerprint density at radius 1 is 1.19 bits per heavy atom. The summed E-state index contributed by atoms with van der Waals surface area (Å²) in [5, 5.41) is 3.03. The fourth-order valence-electron chi connectivity index (χ4n) is 5.89. The van der Waals surface area contributed by atoms with Crippen molar-refractivity contribution in [3.05, 3.63) is 57.5 Å². The number of ether oxygens (including phenoxy) is 1. The second kappa shape index (κ2) is 11.5. The van der Waals surface area contributed by atoms with Gasteiger partial charge in [-0.1, -0.05) is 25.0 Å². The molecule has 0 atom stereocenters. The van der Waals surface area contributed by atoms with Crippen LogP contribution in [0.2, 0.25) is 0 Å². The standard InChI is InChI=1S/C28H41N5O3/c1-21-7-5-10-28(2,3)22(21)8-14-31-15-9-23-26(24(36-4)19-25(34)33(23)18-17-31)27(35)30-11-6-13-32-16-12-29-20-32/h12,16,19-20H,5-11,13-15,17-18H2,1-4H3,(H,30,35). The number of aryl methyl sites for hydroxylation is 1. The van der Waals surface area contributed by atoms with E-state index in [1.165, 1.54) is 32.4 Å². The summed E-state index contributed by atoms with van der Waals surface area (Å²) in [6.07, 6.45) is 11.7. The molecule has 8 nitrogen and oxygen atoms in total. The molecule has 2 aliphatic rings. The highest BCUT2D eigenvalue weighted by Gasteiger charge is 2.29. The molecule has 0 saturated carbocycles. The summed E-state index contributed by atoms with van der Waals surface area (Å²) in [6.45, 7) is 11.5. The summed E-state index contributed by atoms with van der Waals surface area (Å²) in [7, 11) is 1.52. The first-order chi connectivity index (χ1) is 17.3. The highest BCUT2D eigenvalue weighted by Crippen LogP contribution is 2.41. The maximum absolute atomic E-state index is 13.3. The van der Waals surface area contributed by atoms with E-state index in [4.69, 9.17) is 4.74 Å². The third-order valence-corrected chi connectivity index (χ3v) is 7.93. The van der Waals surface area contributed by atoms with Gasteiger partial charge in [0.2, 0.25) is 0 Å². The number of hydrogen-bond donors (Lipinski definition) is 1. The SMILES string of the molecule is COc1cc(=O)n2c(c1C(=O)NCCCn1ccnc1)CCN(CCC1=C(C)CCCC1(C)C)CC2. The number of nitrogens with zero attached hydrogens (tertiary/aromatic N) is 4. The van der Waals surface area contributed by atoms with Gasteiger partial charge in [0.15, 0.2) is 0 Å². The lowest BCUT2D eigenvalue weighted by Crippen LogP contribution is -2.32. The Labute approximate surface area is 214 Å². The van der Waals surface area contributed by atoms with Crippen LogP contribution < -0.4 is 15.6 Å². The summed E-state index contributed by atoms with van der Waals surface area (Å²) >= 11 is 0. The zero-order valence-electron chi connectivity index (χ0n) is 22.3. The number of carbonyl (C=O) groups is 1. The van der Waals surface area contributed by atoms with E-state index in [1.54, 1.807) is 28.2 Å². The normalized spacial score (nSPS) is 18.0. The topological polar surface area (TPSA) is 81.4 Å². The van der Waals surface area contributed by atoms with Crippen LogP contribution in [0.15, 0.2) is 40.7 Å². The Kier molecular flexibility index (Phi) is 8.34. The maximum atomic E-state index is 13.3. The highest BCUT2D eigenvalue weighted by atomic mass is 16.5. The number of hydrogen-bond acceptors (Lipinski definition) is 5. The Morgan fingerprint density at radius 2 is 2.03 bits per heavy atom.